The van der Waals surface area contributed by atoms with E-state index in [2.05, 4.69) is 0 Å². The van der Waals surface area contributed by atoms with Crippen molar-refractivity contribution in [1.29, 1.82) is 0 Å². The van der Waals surface area contributed by atoms with E-state index in [9.17, 15) is 19.2 Å². The molecule has 2 unspecified atom stereocenters. The summed E-state index contributed by atoms with van der Waals surface area (Å²) in [6, 6.07) is -0.849. The van der Waals surface area contributed by atoms with Gasteiger partial charge in [0.2, 0.25) is 5.91 Å². The summed E-state index contributed by atoms with van der Waals surface area (Å²) in [6.07, 6.45) is -0.183. The molecule has 0 radical (unpaired) electrons. The lowest BCUT2D eigenvalue weighted by Gasteiger charge is -2.19. The van der Waals surface area contributed by atoms with Crippen LogP contribution in [0.2, 0.25) is 0 Å². The minimum Gasteiger partial charge on any atom is -0.462 e. The molecule has 0 rings (SSSR count). The molecule has 0 aliphatic rings. The van der Waals surface area contributed by atoms with Gasteiger partial charge >= 0.3 is 11.9 Å². The monoisotopic (exact) mass is 362 g/mol. The van der Waals surface area contributed by atoms with Crippen molar-refractivity contribution in [1.82, 2.24) is 0 Å². The number of rotatable bonds is 12. The van der Waals surface area contributed by atoms with Crippen LogP contribution in [0.25, 0.3) is 0 Å². The van der Waals surface area contributed by atoms with Gasteiger partial charge in [-0.05, 0) is 6.92 Å². The van der Waals surface area contributed by atoms with Gasteiger partial charge in [0.1, 0.15) is 12.7 Å². The molecular formula is C15H26N2O6S. The van der Waals surface area contributed by atoms with Crippen molar-refractivity contribution in [3.8, 4) is 0 Å². The first-order chi connectivity index (χ1) is 11.2. The summed E-state index contributed by atoms with van der Waals surface area (Å²) in [7, 11) is 0. The molecule has 0 aromatic carbocycles. The average Bonchev–Trinajstić information content (AvgIpc) is 2.56. The van der Waals surface area contributed by atoms with E-state index in [0.29, 0.717) is 5.75 Å². The average molecular weight is 362 g/mol. The van der Waals surface area contributed by atoms with Crippen LogP contribution in [0, 0.1) is 5.92 Å². The van der Waals surface area contributed by atoms with E-state index >= 15 is 0 Å². The molecule has 0 saturated carbocycles. The Hall–Kier alpha value is -1.61. The molecule has 0 heterocycles. The first-order valence-electron chi connectivity index (χ1n) is 7.74. The maximum atomic E-state index is 11.8. The SMILES string of the molecule is CCC(=O)OCC(CSC[C@H](N)C(=O)C(C)C(N)=O)OC(=O)CC. The van der Waals surface area contributed by atoms with Crippen LogP contribution in [0.15, 0.2) is 0 Å². The predicted molar refractivity (Wildman–Crippen MR) is 90.1 cm³/mol. The van der Waals surface area contributed by atoms with E-state index in [1.54, 1.807) is 13.8 Å². The molecule has 0 bridgehead atoms. The zero-order valence-electron chi connectivity index (χ0n) is 14.3. The Bertz CT molecular complexity index is 457. The molecule has 3 atom stereocenters. The van der Waals surface area contributed by atoms with Gasteiger partial charge in [0.15, 0.2) is 5.78 Å². The number of ketones is 1. The Labute approximate surface area is 146 Å². The Kier molecular flexibility index (Phi) is 11.1. The number of hydrogen-bond donors (Lipinski definition) is 2. The van der Waals surface area contributed by atoms with Crippen molar-refractivity contribution in [3.05, 3.63) is 0 Å². The Balaban J connectivity index is 4.42. The summed E-state index contributed by atoms with van der Waals surface area (Å²) in [5.74, 6) is -2.35. The third-order valence-corrected chi connectivity index (χ3v) is 4.33. The summed E-state index contributed by atoms with van der Waals surface area (Å²) >= 11 is 1.27. The van der Waals surface area contributed by atoms with E-state index in [4.69, 9.17) is 20.9 Å². The van der Waals surface area contributed by atoms with E-state index in [1.165, 1.54) is 18.7 Å². The predicted octanol–water partition coefficient (Wildman–Crippen LogP) is 0.0124. The number of carbonyl (C=O) groups is 4. The fourth-order valence-corrected chi connectivity index (χ4v) is 2.52. The van der Waals surface area contributed by atoms with Crippen molar-refractivity contribution in [2.45, 2.75) is 45.8 Å². The summed E-state index contributed by atoms with van der Waals surface area (Å²) in [4.78, 5) is 45.4. The molecule has 0 spiro atoms. The van der Waals surface area contributed by atoms with E-state index in [1.807, 2.05) is 0 Å². The second-order valence-corrected chi connectivity index (χ2v) is 6.25. The number of carbonyl (C=O) groups excluding carboxylic acids is 4. The van der Waals surface area contributed by atoms with Gasteiger partial charge in [-0.1, -0.05) is 13.8 Å². The zero-order valence-corrected chi connectivity index (χ0v) is 15.1. The highest BCUT2D eigenvalue weighted by Gasteiger charge is 2.25. The van der Waals surface area contributed by atoms with Gasteiger partial charge in [-0.15, -0.1) is 0 Å². The number of nitrogens with two attached hydrogens (primary N) is 2. The second kappa shape index (κ2) is 11.9. The molecule has 1 amide bonds. The van der Waals surface area contributed by atoms with Crippen molar-refractivity contribution in [2.24, 2.45) is 17.4 Å². The lowest BCUT2D eigenvalue weighted by Crippen LogP contribution is -2.41. The van der Waals surface area contributed by atoms with Crippen molar-refractivity contribution in [2.75, 3.05) is 18.1 Å². The Morgan fingerprint density at radius 1 is 1.04 bits per heavy atom. The number of amides is 1. The minimum absolute atomic E-state index is 0.0493. The maximum Gasteiger partial charge on any atom is 0.305 e. The van der Waals surface area contributed by atoms with Gasteiger partial charge in [0, 0.05) is 24.3 Å². The van der Waals surface area contributed by atoms with E-state index in [-0.39, 0.29) is 31.2 Å². The van der Waals surface area contributed by atoms with Gasteiger partial charge in [-0.2, -0.15) is 11.8 Å². The van der Waals surface area contributed by atoms with E-state index in [0.717, 1.165) is 0 Å². The third kappa shape index (κ3) is 8.88. The lowest BCUT2D eigenvalue weighted by atomic mass is 10.0. The maximum absolute atomic E-state index is 11.8. The van der Waals surface area contributed by atoms with Gasteiger partial charge in [0.25, 0.3) is 0 Å². The van der Waals surface area contributed by atoms with Crippen LogP contribution >= 0.6 is 11.8 Å². The number of Topliss-reactive ketones (excluding diaryl/α,β-unsaturated/α-hetero) is 1. The molecule has 0 aliphatic carbocycles. The molecular weight excluding hydrogens is 336 g/mol. The standard InChI is InChI=1S/C15H26N2O6S/c1-4-12(18)22-6-10(23-13(19)5-2)7-24-8-11(16)14(20)9(3)15(17)21/h9-11H,4-8,16H2,1-3H3,(H2,17,21)/t9?,10?,11-/m0/s1. The molecule has 4 N–H and O–H groups in total. The molecule has 0 aliphatic heterocycles. The molecule has 24 heavy (non-hydrogen) atoms. The fraction of sp³-hybridized carbons (Fsp3) is 0.733. The Morgan fingerprint density at radius 3 is 2.12 bits per heavy atom. The molecule has 0 saturated heterocycles. The topological polar surface area (TPSA) is 139 Å². The van der Waals surface area contributed by atoms with Crippen molar-refractivity contribution >= 4 is 35.4 Å². The number of esters is 2. The molecule has 0 aromatic rings. The van der Waals surface area contributed by atoms with Gasteiger partial charge in [-0.25, -0.2) is 0 Å². The van der Waals surface area contributed by atoms with E-state index < -0.39 is 35.7 Å². The Morgan fingerprint density at radius 2 is 1.62 bits per heavy atom. The van der Waals surface area contributed by atoms with Crippen LogP contribution in [0.5, 0.6) is 0 Å². The minimum atomic E-state index is -0.945. The quantitative estimate of drug-likeness (QED) is 0.366. The summed E-state index contributed by atoms with van der Waals surface area (Å²) in [6.45, 7) is 4.68. The van der Waals surface area contributed by atoms with Gasteiger partial charge < -0.3 is 20.9 Å². The third-order valence-electron chi connectivity index (χ3n) is 3.13. The van der Waals surface area contributed by atoms with Crippen LogP contribution in [0.1, 0.15) is 33.6 Å². The largest absolute Gasteiger partial charge is 0.462 e. The molecule has 0 fully saturated rings. The number of hydrogen-bond acceptors (Lipinski definition) is 8. The fourth-order valence-electron chi connectivity index (χ4n) is 1.54. The summed E-state index contributed by atoms with van der Waals surface area (Å²) in [5.41, 5.74) is 10.8. The second-order valence-electron chi connectivity index (χ2n) is 5.17. The lowest BCUT2D eigenvalue weighted by molar-refractivity contribution is -0.157. The smallest absolute Gasteiger partial charge is 0.305 e. The normalized spacial score (nSPS) is 14.3. The van der Waals surface area contributed by atoms with Crippen molar-refractivity contribution in [3.63, 3.8) is 0 Å². The van der Waals surface area contributed by atoms with Crippen LogP contribution in [-0.4, -0.2) is 53.9 Å². The molecule has 138 valence electrons. The molecule has 8 nitrogen and oxygen atoms in total. The first kappa shape index (κ1) is 22.4. The highest BCUT2D eigenvalue weighted by atomic mass is 32.2. The van der Waals surface area contributed by atoms with Gasteiger partial charge in [0.05, 0.1) is 12.0 Å². The highest BCUT2D eigenvalue weighted by Crippen LogP contribution is 2.11. The molecule has 9 heteroatoms. The summed E-state index contributed by atoms with van der Waals surface area (Å²) < 4.78 is 10.2. The zero-order chi connectivity index (χ0) is 18.7. The van der Waals surface area contributed by atoms with Gasteiger partial charge in [-0.3, -0.25) is 19.2 Å². The van der Waals surface area contributed by atoms with Crippen LogP contribution in [0.4, 0.5) is 0 Å². The molecule has 0 aromatic heterocycles. The summed E-state index contributed by atoms with van der Waals surface area (Å²) in [5, 5.41) is 0. The number of ether oxygens (including phenoxy) is 2. The van der Waals surface area contributed by atoms with Crippen LogP contribution < -0.4 is 11.5 Å². The number of primary amides is 1. The highest BCUT2D eigenvalue weighted by molar-refractivity contribution is 7.99. The van der Waals surface area contributed by atoms with Crippen LogP contribution in [-0.2, 0) is 28.7 Å². The number of thioether (sulfide) groups is 1. The first-order valence-corrected chi connectivity index (χ1v) is 8.89. The van der Waals surface area contributed by atoms with Crippen molar-refractivity contribution < 1.29 is 28.7 Å². The van der Waals surface area contributed by atoms with Crippen LogP contribution in [0.3, 0.4) is 0 Å².